The van der Waals surface area contributed by atoms with Gasteiger partial charge in [-0.05, 0) is 85.8 Å². The van der Waals surface area contributed by atoms with Crippen molar-refractivity contribution in [1.29, 1.82) is 10.8 Å². The van der Waals surface area contributed by atoms with Gasteiger partial charge in [-0.1, -0.05) is 36.0 Å². The Morgan fingerprint density at radius 3 is 1.21 bits per heavy atom. The third-order valence-corrected chi connectivity index (χ3v) is 5.93. The van der Waals surface area contributed by atoms with Gasteiger partial charge < -0.3 is 32.3 Å². The van der Waals surface area contributed by atoms with Crippen LogP contribution >= 0.6 is 47.6 Å². The number of carboxylic acids is 2. The predicted molar refractivity (Wildman–Crippen MR) is 178 cm³/mol. The second kappa shape index (κ2) is 21.1. The van der Waals surface area contributed by atoms with Crippen LogP contribution in [0.25, 0.3) is 0 Å². The maximum Gasteiger partial charge on any atom is 0.300 e. The minimum atomic E-state index is -0.833. The SMILES string of the molecule is CC(=O)O.CC(=O)O.N=C(N)N(CCCCCCN(C(=N)N)C(=S)Nc1ccc(Cl)cc1)C(=S)Nc1ccc(Cl)cc1. The standard InChI is InChI=1S/C22H28Cl2N8S2.2C2H4O2/c23-15-5-9-17(10-6-15)29-21(33)31(19(25)26)13-3-1-2-4-14-32(20(27)28)22(34)30-18-11-7-16(24)8-12-18;2*1-2(3)4/h5-12H,1-4,13-14H2,(H3,25,26)(H3,27,28)(H,29,33)(H,30,34);2*1H3,(H,3,4). The molecule has 2 rings (SSSR count). The van der Waals surface area contributed by atoms with E-state index in [1.807, 2.05) is 0 Å². The van der Waals surface area contributed by atoms with Crippen LogP contribution in [0.5, 0.6) is 0 Å². The molecule has 2 aromatic rings. The van der Waals surface area contributed by atoms with Crippen molar-refractivity contribution in [3.05, 3.63) is 58.6 Å². The van der Waals surface area contributed by atoms with Crippen LogP contribution in [0.4, 0.5) is 11.4 Å². The molecule has 0 fully saturated rings. The molecule has 16 heteroatoms. The van der Waals surface area contributed by atoms with E-state index in [-0.39, 0.29) is 11.9 Å². The summed E-state index contributed by atoms with van der Waals surface area (Å²) in [5, 5.41) is 38.6. The number of unbranched alkanes of at least 4 members (excludes halogenated alkanes) is 3. The number of halogens is 2. The molecule has 0 saturated heterocycles. The fourth-order valence-corrected chi connectivity index (χ4v) is 3.87. The number of carbonyl (C=O) groups is 2. The van der Waals surface area contributed by atoms with Gasteiger partial charge in [-0.25, -0.2) is 0 Å². The van der Waals surface area contributed by atoms with Gasteiger partial charge in [-0.3, -0.25) is 30.2 Å². The first-order valence-electron chi connectivity index (χ1n) is 12.4. The fraction of sp³-hybridized carbons (Fsp3) is 0.308. The predicted octanol–water partition coefficient (Wildman–Crippen LogP) is 5.22. The molecule has 2 aromatic carbocycles. The Bertz CT molecular complexity index is 1100. The van der Waals surface area contributed by atoms with Crippen molar-refractivity contribution in [2.75, 3.05) is 23.7 Å². The van der Waals surface area contributed by atoms with Gasteiger partial charge in [-0.2, -0.15) is 0 Å². The lowest BCUT2D eigenvalue weighted by Crippen LogP contribution is -2.44. The Labute approximate surface area is 266 Å². The number of carboxylic acid groups (broad SMARTS) is 2. The van der Waals surface area contributed by atoms with Gasteiger partial charge in [0.25, 0.3) is 11.9 Å². The lowest BCUT2D eigenvalue weighted by molar-refractivity contribution is -0.135. The topological polar surface area (TPSA) is 205 Å². The number of nitrogens with two attached hydrogens (primary N) is 2. The molecule has 230 valence electrons. The van der Waals surface area contributed by atoms with E-state index in [4.69, 9.17) is 89.7 Å². The number of anilines is 2. The molecule has 42 heavy (non-hydrogen) atoms. The molecule has 0 aliphatic carbocycles. The Morgan fingerprint density at radius 2 is 0.976 bits per heavy atom. The highest BCUT2D eigenvalue weighted by Crippen LogP contribution is 2.15. The van der Waals surface area contributed by atoms with Crippen molar-refractivity contribution in [3.63, 3.8) is 0 Å². The maximum absolute atomic E-state index is 9.00. The van der Waals surface area contributed by atoms with E-state index in [2.05, 4.69) is 10.6 Å². The van der Waals surface area contributed by atoms with Crippen molar-refractivity contribution < 1.29 is 19.8 Å². The van der Waals surface area contributed by atoms with Crippen LogP contribution < -0.4 is 22.1 Å². The van der Waals surface area contributed by atoms with E-state index in [1.165, 1.54) is 0 Å². The number of thiocarbonyl (C=S) groups is 2. The Hall–Kier alpha value is -3.72. The van der Waals surface area contributed by atoms with E-state index in [0.29, 0.717) is 33.4 Å². The molecule has 0 saturated carbocycles. The number of rotatable bonds is 9. The summed E-state index contributed by atoms with van der Waals surface area (Å²) >= 11 is 22.6. The van der Waals surface area contributed by atoms with Gasteiger partial charge in [0, 0.05) is 48.4 Å². The minimum absolute atomic E-state index is 0.118. The largest absolute Gasteiger partial charge is 0.481 e. The molecule has 10 N–H and O–H groups in total. The Morgan fingerprint density at radius 1 is 0.714 bits per heavy atom. The van der Waals surface area contributed by atoms with Gasteiger partial charge in [0.1, 0.15) is 0 Å². The zero-order valence-electron chi connectivity index (χ0n) is 23.2. The Kier molecular flexibility index (Phi) is 19.2. The van der Waals surface area contributed by atoms with Crippen LogP contribution in [0.2, 0.25) is 10.0 Å². The maximum atomic E-state index is 9.00. The number of hydrogen-bond donors (Lipinski definition) is 8. The van der Waals surface area contributed by atoms with Gasteiger partial charge >= 0.3 is 0 Å². The summed E-state index contributed by atoms with van der Waals surface area (Å²) in [5.74, 6) is -1.90. The van der Waals surface area contributed by atoms with E-state index in [1.54, 1.807) is 58.3 Å². The summed E-state index contributed by atoms with van der Waals surface area (Å²) in [6.07, 6.45) is 3.35. The third kappa shape index (κ3) is 18.6. The molecule has 0 aliphatic heterocycles. The normalized spacial score (nSPS) is 9.52. The molecule has 0 atom stereocenters. The monoisotopic (exact) mass is 658 g/mol. The van der Waals surface area contributed by atoms with Crippen molar-refractivity contribution >= 4 is 93.1 Å². The number of aliphatic carboxylic acids is 2. The molecule has 0 radical (unpaired) electrons. The zero-order valence-corrected chi connectivity index (χ0v) is 26.3. The second-order valence-electron chi connectivity index (χ2n) is 8.40. The van der Waals surface area contributed by atoms with Crippen LogP contribution in [0.3, 0.4) is 0 Å². The molecular formula is C26H36Cl2N8O4S2. The highest BCUT2D eigenvalue weighted by Gasteiger charge is 2.14. The smallest absolute Gasteiger partial charge is 0.300 e. The fourth-order valence-electron chi connectivity index (χ4n) is 3.00. The van der Waals surface area contributed by atoms with Crippen molar-refractivity contribution in [2.45, 2.75) is 39.5 Å². The zero-order chi connectivity index (χ0) is 32.2. The number of benzene rings is 2. The average molecular weight is 660 g/mol. The quantitative estimate of drug-likeness (QED) is 0.0755. The lowest BCUT2D eigenvalue weighted by Gasteiger charge is -2.25. The van der Waals surface area contributed by atoms with Gasteiger partial charge in [0.05, 0.1) is 0 Å². The van der Waals surface area contributed by atoms with Crippen LogP contribution in [0.1, 0.15) is 39.5 Å². The van der Waals surface area contributed by atoms with Crippen LogP contribution in [0, 0.1) is 10.8 Å². The molecule has 12 nitrogen and oxygen atoms in total. The van der Waals surface area contributed by atoms with Crippen LogP contribution in [0.15, 0.2) is 48.5 Å². The first-order valence-corrected chi connectivity index (χ1v) is 14.0. The highest BCUT2D eigenvalue weighted by atomic mass is 35.5. The average Bonchev–Trinajstić information content (AvgIpc) is 2.87. The molecule has 0 unspecified atom stereocenters. The summed E-state index contributed by atoms with van der Waals surface area (Å²) in [6.45, 7) is 3.20. The number of nitrogens with one attached hydrogen (secondary N) is 4. The molecular weight excluding hydrogens is 623 g/mol. The summed E-state index contributed by atoms with van der Waals surface area (Å²) in [6, 6.07) is 14.2. The number of nitrogens with zero attached hydrogens (tertiary/aromatic N) is 2. The summed E-state index contributed by atoms with van der Waals surface area (Å²) in [5.41, 5.74) is 13.0. The molecule has 0 aliphatic rings. The molecule has 0 spiro atoms. The third-order valence-electron chi connectivity index (χ3n) is 4.78. The van der Waals surface area contributed by atoms with Crippen molar-refractivity contribution in [1.82, 2.24) is 9.80 Å². The molecule has 0 aromatic heterocycles. The van der Waals surface area contributed by atoms with Crippen molar-refractivity contribution in [2.24, 2.45) is 11.5 Å². The number of guanidine groups is 2. The first kappa shape index (κ1) is 38.3. The van der Waals surface area contributed by atoms with E-state index in [0.717, 1.165) is 50.9 Å². The van der Waals surface area contributed by atoms with E-state index >= 15 is 0 Å². The van der Waals surface area contributed by atoms with Crippen molar-refractivity contribution in [3.8, 4) is 0 Å². The molecule has 0 heterocycles. The summed E-state index contributed by atoms with van der Waals surface area (Å²) in [4.78, 5) is 21.1. The lowest BCUT2D eigenvalue weighted by atomic mass is 10.2. The summed E-state index contributed by atoms with van der Waals surface area (Å²) in [7, 11) is 0. The summed E-state index contributed by atoms with van der Waals surface area (Å²) < 4.78 is 0. The second-order valence-corrected chi connectivity index (χ2v) is 10.0. The van der Waals surface area contributed by atoms with E-state index < -0.39 is 11.9 Å². The van der Waals surface area contributed by atoms with Crippen LogP contribution in [-0.4, -0.2) is 67.2 Å². The Balaban J connectivity index is 0.00000186. The molecule has 0 bridgehead atoms. The van der Waals surface area contributed by atoms with Gasteiger partial charge in [-0.15, -0.1) is 0 Å². The number of hydrogen-bond acceptors (Lipinski definition) is 6. The van der Waals surface area contributed by atoms with E-state index in [9.17, 15) is 0 Å². The first-order chi connectivity index (χ1) is 19.6. The van der Waals surface area contributed by atoms with Crippen LogP contribution in [-0.2, 0) is 9.59 Å². The van der Waals surface area contributed by atoms with Gasteiger partial charge in [0.15, 0.2) is 22.1 Å². The molecule has 0 amide bonds. The highest BCUT2D eigenvalue weighted by molar-refractivity contribution is 7.80. The minimum Gasteiger partial charge on any atom is -0.481 e. The van der Waals surface area contributed by atoms with Gasteiger partial charge in [0.2, 0.25) is 0 Å².